The first-order valence-corrected chi connectivity index (χ1v) is 7.48. The molecule has 7 heteroatoms. The first-order chi connectivity index (χ1) is 9.61. The molecule has 1 aliphatic heterocycles. The lowest BCUT2D eigenvalue weighted by Crippen LogP contribution is -2.45. The molecule has 2 heterocycles. The van der Waals surface area contributed by atoms with Gasteiger partial charge in [-0.25, -0.2) is 9.59 Å². The van der Waals surface area contributed by atoms with Crippen LogP contribution in [0, 0.1) is 0 Å². The van der Waals surface area contributed by atoms with Crippen molar-refractivity contribution in [3.8, 4) is 0 Å². The van der Waals surface area contributed by atoms with E-state index in [2.05, 4.69) is 5.32 Å². The van der Waals surface area contributed by atoms with Gasteiger partial charge in [-0.05, 0) is 31.2 Å². The van der Waals surface area contributed by atoms with Gasteiger partial charge in [-0.1, -0.05) is 0 Å². The van der Waals surface area contributed by atoms with Gasteiger partial charge in [0.25, 0.3) is 0 Å². The van der Waals surface area contributed by atoms with E-state index in [1.165, 1.54) is 17.4 Å². The van der Waals surface area contributed by atoms with E-state index < -0.39 is 5.97 Å². The summed E-state index contributed by atoms with van der Waals surface area (Å²) in [4.78, 5) is 24.8. The van der Waals surface area contributed by atoms with Crippen molar-refractivity contribution in [1.29, 1.82) is 0 Å². The number of urea groups is 1. The van der Waals surface area contributed by atoms with Crippen molar-refractivity contribution < 1.29 is 19.4 Å². The molecule has 0 radical (unpaired) electrons. The highest BCUT2D eigenvalue weighted by molar-refractivity contribution is 7.14. The SMILES string of the molecule is CCOC1CCCN(C(=O)Nc2sccc2C(=O)O)C1. The lowest BCUT2D eigenvalue weighted by atomic mass is 10.1. The standard InChI is InChI=1S/C13H18N2O4S/c1-2-19-9-4-3-6-15(8-9)13(18)14-11-10(12(16)17)5-7-20-11/h5,7,9H,2-4,6,8H2,1H3,(H,14,18)(H,16,17). The summed E-state index contributed by atoms with van der Waals surface area (Å²) in [6.45, 7) is 3.79. The van der Waals surface area contributed by atoms with Gasteiger partial charge in [-0.2, -0.15) is 0 Å². The summed E-state index contributed by atoms with van der Waals surface area (Å²) in [5.41, 5.74) is 0.127. The molecule has 0 aromatic carbocycles. The summed E-state index contributed by atoms with van der Waals surface area (Å²) in [6.07, 6.45) is 1.92. The monoisotopic (exact) mass is 298 g/mol. The smallest absolute Gasteiger partial charge is 0.338 e. The largest absolute Gasteiger partial charge is 0.478 e. The zero-order chi connectivity index (χ0) is 14.5. The fraction of sp³-hybridized carbons (Fsp3) is 0.538. The third-order valence-corrected chi connectivity index (χ3v) is 4.01. The van der Waals surface area contributed by atoms with Crippen LogP contribution in [0.1, 0.15) is 30.1 Å². The van der Waals surface area contributed by atoms with E-state index in [0.29, 0.717) is 24.7 Å². The van der Waals surface area contributed by atoms with Crippen LogP contribution in [0.5, 0.6) is 0 Å². The molecular formula is C13H18N2O4S. The number of piperidine rings is 1. The zero-order valence-electron chi connectivity index (χ0n) is 11.3. The molecule has 6 nitrogen and oxygen atoms in total. The molecule has 1 aliphatic rings. The first-order valence-electron chi connectivity index (χ1n) is 6.60. The van der Waals surface area contributed by atoms with E-state index in [1.807, 2.05) is 6.92 Å². The van der Waals surface area contributed by atoms with Gasteiger partial charge >= 0.3 is 12.0 Å². The van der Waals surface area contributed by atoms with Gasteiger partial charge in [0.15, 0.2) is 0 Å². The van der Waals surface area contributed by atoms with Gasteiger partial charge in [-0.15, -0.1) is 11.3 Å². The maximum atomic E-state index is 12.2. The summed E-state index contributed by atoms with van der Waals surface area (Å²) in [7, 11) is 0. The average molecular weight is 298 g/mol. The van der Waals surface area contributed by atoms with Crippen LogP contribution in [0.4, 0.5) is 9.80 Å². The minimum Gasteiger partial charge on any atom is -0.478 e. The number of likely N-dealkylation sites (tertiary alicyclic amines) is 1. The summed E-state index contributed by atoms with van der Waals surface area (Å²) in [5.74, 6) is -1.03. The van der Waals surface area contributed by atoms with Gasteiger partial charge in [0, 0.05) is 19.7 Å². The Hall–Kier alpha value is -1.60. The van der Waals surface area contributed by atoms with E-state index in [1.54, 1.807) is 10.3 Å². The van der Waals surface area contributed by atoms with E-state index >= 15 is 0 Å². The Morgan fingerprint density at radius 2 is 2.40 bits per heavy atom. The number of amides is 2. The third-order valence-electron chi connectivity index (χ3n) is 3.18. The fourth-order valence-corrected chi connectivity index (χ4v) is 3.01. The molecule has 0 spiro atoms. The molecule has 0 bridgehead atoms. The summed E-state index contributed by atoms with van der Waals surface area (Å²) in [6, 6.07) is 1.22. The number of carboxylic acid groups (broad SMARTS) is 1. The number of hydrogen-bond acceptors (Lipinski definition) is 4. The van der Waals surface area contributed by atoms with Crippen LogP contribution >= 0.6 is 11.3 Å². The third kappa shape index (κ3) is 3.49. The molecule has 2 amide bonds. The Balaban J connectivity index is 1.97. The van der Waals surface area contributed by atoms with Gasteiger partial charge < -0.3 is 14.7 Å². The number of aromatic carboxylic acids is 1. The summed E-state index contributed by atoms with van der Waals surface area (Å²) >= 11 is 1.21. The minimum absolute atomic E-state index is 0.0711. The van der Waals surface area contributed by atoms with Crippen LogP contribution in [-0.2, 0) is 4.74 Å². The van der Waals surface area contributed by atoms with Crippen molar-refractivity contribution in [1.82, 2.24) is 4.90 Å². The molecule has 0 aliphatic carbocycles. The van der Waals surface area contributed by atoms with Crippen molar-refractivity contribution in [2.75, 3.05) is 25.0 Å². The molecule has 110 valence electrons. The van der Waals surface area contributed by atoms with Crippen molar-refractivity contribution >= 4 is 28.3 Å². The van der Waals surface area contributed by atoms with Crippen LogP contribution in [-0.4, -0.2) is 47.8 Å². The Morgan fingerprint density at radius 1 is 1.60 bits per heavy atom. The van der Waals surface area contributed by atoms with Crippen LogP contribution < -0.4 is 5.32 Å². The number of rotatable bonds is 4. The Morgan fingerprint density at radius 3 is 3.10 bits per heavy atom. The Labute approximate surface area is 121 Å². The molecule has 1 fully saturated rings. The summed E-state index contributed by atoms with van der Waals surface area (Å²) in [5, 5.41) is 13.7. The number of nitrogens with one attached hydrogen (secondary N) is 1. The van der Waals surface area contributed by atoms with E-state index in [9.17, 15) is 9.59 Å². The molecule has 2 rings (SSSR count). The minimum atomic E-state index is -1.03. The van der Waals surface area contributed by atoms with Crippen molar-refractivity contribution in [3.05, 3.63) is 17.0 Å². The quantitative estimate of drug-likeness (QED) is 0.895. The molecule has 1 aromatic rings. The van der Waals surface area contributed by atoms with Crippen LogP contribution in [0.15, 0.2) is 11.4 Å². The van der Waals surface area contributed by atoms with Gasteiger partial charge in [-0.3, -0.25) is 5.32 Å². The highest BCUT2D eigenvalue weighted by Crippen LogP contribution is 2.24. The molecule has 1 unspecified atom stereocenters. The van der Waals surface area contributed by atoms with Crippen molar-refractivity contribution in [3.63, 3.8) is 0 Å². The van der Waals surface area contributed by atoms with Gasteiger partial charge in [0.1, 0.15) is 5.00 Å². The molecule has 1 saturated heterocycles. The van der Waals surface area contributed by atoms with E-state index in [4.69, 9.17) is 9.84 Å². The number of nitrogens with zero attached hydrogens (tertiary/aromatic N) is 1. The lowest BCUT2D eigenvalue weighted by Gasteiger charge is -2.32. The number of hydrogen-bond donors (Lipinski definition) is 2. The Kier molecular flexibility index (Phi) is 4.97. The average Bonchev–Trinajstić information content (AvgIpc) is 2.88. The normalized spacial score (nSPS) is 18.9. The first kappa shape index (κ1) is 14.8. The number of carboxylic acids is 1. The molecule has 1 aromatic heterocycles. The maximum absolute atomic E-state index is 12.2. The highest BCUT2D eigenvalue weighted by atomic mass is 32.1. The molecule has 1 atom stereocenters. The van der Waals surface area contributed by atoms with E-state index in [-0.39, 0.29) is 17.7 Å². The number of anilines is 1. The van der Waals surface area contributed by atoms with Gasteiger partial charge in [0.2, 0.25) is 0 Å². The predicted molar refractivity (Wildman–Crippen MR) is 76.5 cm³/mol. The van der Waals surface area contributed by atoms with Crippen LogP contribution in [0.25, 0.3) is 0 Å². The topological polar surface area (TPSA) is 78.9 Å². The molecule has 20 heavy (non-hydrogen) atoms. The lowest BCUT2D eigenvalue weighted by molar-refractivity contribution is 0.0181. The zero-order valence-corrected chi connectivity index (χ0v) is 12.1. The fourth-order valence-electron chi connectivity index (χ4n) is 2.25. The Bertz CT molecular complexity index is 486. The molecule has 0 saturated carbocycles. The van der Waals surface area contributed by atoms with Crippen LogP contribution in [0.2, 0.25) is 0 Å². The van der Waals surface area contributed by atoms with Crippen molar-refractivity contribution in [2.24, 2.45) is 0 Å². The second-order valence-corrected chi connectivity index (χ2v) is 5.48. The predicted octanol–water partition coefficient (Wildman–Crippen LogP) is 2.48. The number of ether oxygens (including phenoxy) is 1. The second kappa shape index (κ2) is 6.71. The number of carbonyl (C=O) groups is 2. The molecule has 2 N–H and O–H groups in total. The maximum Gasteiger partial charge on any atom is 0.338 e. The van der Waals surface area contributed by atoms with E-state index in [0.717, 1.165) is 12.8 Å². The van der Waals surface area contributed by atoms with Gasteiger partial charge in [0.05, 0.1) is 11.7 Å². The number of carbonyl (C=O) groups excluding carboxylic acids is 1. The van der Waals surface area contributed by atoms with Crippen LogP contribution in [0.3, 0.4) is 0 Å². The number of thiophene rings is 1. The molecular weight excluding hydrogens is 280 g/mol. The van der Waals surface area contributed by atoms with Crippen molar-refractivity contribution in [2.45, 2.75) is 25.9 Å². The second-order valence-electron chi connectivity index (χ2n) is 4.56. The summed E-state index contributed by atoms with van der Waals surface area (Å²) < 4.78 is 5.55. The highest BCUT2D eigenvalue weighted by Gasteiger charge is 2.25.